The molecule has 0 spiro atoms. The summed E-state index contributed by atoms with van der Waals surface area (Å²) in [4.78, 5) is 35.7. The number of H-pyrrole nitrogens is 1. The Labute approximate surface area is 168 Å². The van der Waals surface area contributed by atoms with E-state index >= 15 is 0 Å². The van der Waals surface area contributed by atoms with Crippen LogP contribution < -0.4 is 20.7 Å². The summed E-state index contributed by atoms with van der Waals surface area (Å²) < 4.78 is 47.3. The van der Waals surface area contributed by atoms with E-state index in [0.29, 0.717) is 11.5 Å². The summed E-state index contributed by atoms with van der Waals surface area (Å²) in [6.07, 6.45) is -1.17. The van der Waals surface area contributed by atoms with E-state index in [-0.39, 0.29) is 26.4 Å². The fraction of sp³-hybridized carbons (Fsp3) is 0.412. The molecule has 0 bridgehead atoms. The molecule has 0 saturated carbocycles. The van der Waals surface area contributed by atoms with Crippen molar-refractivity contribution in [3.63, 3.8) is 0 Å². The quantitative estimate of drug-likeness (QED) is 0.656. The molecular formula is C17H18FN2O9P. The fourth-order valence-corrected chi connectivity index (χ4v) is 5.09. The Morgan fingerprint density at radius 3 is 2.97 bits per heavy atom. The molecule has 0 aliphatic carbocycles. The summed E-state index contributed by atoms with van der Waals surface area (Å²) >= 11 is 0. The van der Waals surface area contributed by atoms with Crippen molar-refractivity contribution in [3.05, 3.63) is 56.6 Å². The average Bonchev–Trinajstić information content (AvgIpc) is 3.35. The average molecular weight is 444 g/mol. The zero-order chi connectivity index (χ0) is 20.9. The van der Waals surface area contributed by atoms with Crippen molar-refractivity contribution in [1.82, 2.24) is 9.55 Å². The Morgan fingerprint density at radius 2 is 2.10 bits per heavy atom. The van der Waals surface area contributed by atoms with Gasteiger partial charge in [-0.1, -0.05) is 0 Å². The Hall–Kier alpha value is -2.34. The minimum atomic E-state index is -3.97. The molecule has 2 aromatic rings. The molecule has 162 valence electrons. The summed E-state index contributed by atoms with van der Waals surface area (Å²) in [5, 5.41) is 0. The van der Waals surface area contributed by atoms with Crippen LogP contribution in [-0.2, 0) is 24.9 Å². The number of hydrogen-bond acceptors (Lipinski definition) is 9. The maximum atomic E-state index is 13.6. The van der Waals surface area contributed by atoms with Gasteiger partial charge in [0, 0.05) is 0 Å². The van der Waals surface area contributed by atoms with Crippen LogP contribution in [0.25, 0.3) is 0 Å². The number of fused-ring (bicyclic) bond motifs is 2. The number of benzene rings is 1. The fourth-order valence-electron chi connectivity index (χ4n) is 3.51. The molecule has 11 nitrogen and oxygen atoms in total. The Kier molecular flexibility index (Phi) is 4.85. The van der Waals surface area contributed by atoms with Crippen LogP contribution in [0.1, 0.15) is 18.2 Å². The molecule has 4 heterocycles. The first kappa shape index (κ1) is 19.6. The number of halogens is 1. The molecule has 2 N–H and O–H groups in total. The molecule has 2 saturated heterocycles. The van der Waals surface area contributed by atoms with E-state index < -0.39 is 43.7 Å². The van der Waals surface area contributed by atoms with Crippen LogP contribution in [0.15, 0.2) is 34.0 Å². The van der Waals surface area contributed by atoms with Gasteiger partial charge < -0.3 is 0 Å². The first-order valence-corrected chi connectivity index (χ1v) is 10.8. The third-order valence-electron chi connectivity index (χ3n) is 5.00. The topological polar surface area (TPSA) is 130 Å². The number of aromatic amines is 1. The van der Waals surface area contributed by atoms with E-state index in [1.807, 2.05) is 4.98 Å². The number of hydrogen-bond donors (Lipinski definition) is 2. The van der Waals surface area contributed by atoms with Gasteiger partial charge in [-0.2, -0.15) is 0 Å². The van der Waals surface area contributed by atoms with Crippen LogP contribution in [0.5, 0.6) is 11.5 Å². The van der Waals surface area contributed by atoms with Crippen molar-refractivity contribution in [1.29, 1.82) is 0 Å². The van der Waals surface area contributed by atoms with Gasteiger partial charge in [-0.15, -0.1) is 0 Å². The molecule has 0 amide bonds. The number of nitrogens with one attached hydrogen (secondary N) is 1. The molecule has 5 rings (SSSR count). The van der Waals surface area contributed by atoms with E-state index in [9.17, 15) is 18.9 Å². The maximum absolute atomic E-state index is 13.6. The molecule has 0 unspecified atom stereocenters. The number of nitrogens with zero attached hydrogens (tertiary/aromatic N) is 1. The molecule has 1 aromatic heterocycles. The minimum absolute atomic E-state index is 0.0195. The molecule has 30 heavy (non-hydrogen) atoms. The summed E-state index contributed by atoms with van der Waals surface area (Å²) in [7, 11) is -3.97. The zero-order valence-electron chi connectivity index (χ0n) is 15.4. The van der Waals surface area contributed by atoms with E-state index in [0.717, 1.165) is 16.3 Å². The zero-order valence-corrected chi connectivity index (χ0v) is 16.4. The predicted octanol–water partition coefficient (Wildman–Crippen LogP) is 0.726. The van der Waals surface area contributed by atoms with Crippen molar-refractivity contribution in [2.75, 3.05) is 13.4 Å². The summed E-state index contributed by atoms with van der Waals surface area (Å²) in [5.74, 6) is 0.106. The van der Waals surface area contributed by atoms with Crippen LogP contribution in [0.3, 0.4) is 0 Å². The van der Waals surface area contributed by atoms with Gasteiger partial charge in [-0.05, 0) is 0 Å². The summed E-state index contributed by atoms with van der Waals surface area (Å²) in [6.45, 7) is 0.147. The van der Waals surface area contributed by atoms with Gasteiger partial charge in [0.1, 0.15) is 0 Å². The third-order valence-corrected chi connectivity index (χ3v) is 6.64. The van der Waals surface area contributed by atoms with Gasteiger partial charge in [0.25, 0.3) is 0 Å². The van der Waals surface area contributed by atoms with E-state index in [2.05, 4.69) is 0 Å². The third kappa shape index (κ3) is 3.62. The standard InChI is InChI=1S/C17H18FN2O9P/c18-10-5-20(17(22)19-16(10)21)15-4-13-14(28-15)7-27-30(23,29-13)26-6-9-1-2-11-12(3-9)25-8-24-11/h1-3,5,13-15,23,30H,4,6-8H2,(H,19,21,22)/t13-,14+,15+/m0/s1. The Bertz CT molecular complexity index is 1090. The van der Waals surface area contributed by atoms with E-state index in [4.69, 9.17) is 27.8 Å². The number of rotatable bonds is 4. The van der Waals surface area contributed by atoms with Crippen molar-refractivity contribution in [3.8, 4) is 11.5 Å². The van der Waals surface area contributed by atoms with Gasteiger partial charge >= 0.3 is 168 Å². The van der Waals surface area contributed by atoms with Crippen LogP contribution in [-0.4, -0.2) is 40.1 Å². The number of aromatic nitrogens is 2. The van der Waals surface area contributed by atoms with E-state index in [1.165, 1.54) is 0 Å². The van der Waals surface area contributed by atoms with Crippen LogP contribution in [0.2, 0.25) is 0 Å². The monoisotopic (exact) mass is 444 g/mol. The van der Waals surface area contributed by atoms with Crippen LogP contribution in [0.4, 0.5) is 4.39 Å². The first-order chi connectivity index (χ1) is 14.4. The van der Waals surface area contributed by atoms with Crippen molar-refractivity contribution in [2.24, 2.45) is 0 Å². The SMILES string of the molecule is O=c1[nH]c(=O)n([C@H]2C[C@@H]3O[PH](O)(OCc4ccc5c(c4)OCO5)OC[C@H]3O2)cc1F. The van der Waals surface area contributed by atoms with Crippen molar-refractivity contribution >= 4 is 8.17 Å². The number of ether oxygens (including phenoxy) is 3. The van der Waals surface area contributed by atoms with Crippen molar-refractivity contribution in [2.45, 2.75) is 31.5 Å². The molecule has 13 heteroatoms. The molecule has 3 atom stereocenters. The Balaban J connectivity index is 1.25. The second-order valence-electron chi connectivity index (χ2n) is 6.98. The van der Waals surface area contributed by atoms with E-state index in [1.54, 1.807) is 18.2 Å². The van der Waals surface area contributed by atoms with Gasteiger partial charge in [0.05, 0.1) is 0 Å². The van der Waals surface area contributed by atoms with Crippen molar-refractivity contribution < 1.29 is 37.1 Å². The molecule has 3 aliphatic rings. The second-order valence-corrected chi connectivity index (χ2v) is 8.84. The first-order valence-electron chi connectivity index (χ1n) is 9.13. The Morgan fingerprint density at radius 1 is 1.27 bits per heavy atom. The summed E-state index contributed by atoms with van der Waals surface area (Å²) in [6, 6.07) is 5.24. The normalized spacial score (nSPS) is 27.6. The molecule has 2 fully saturated rings. The van der Waals surface area contributed by atoms with Gasteiger partial charge in [-0.25, -0.2) is 0 Å². The van der Waals surface area contributed by atoms with Crippen LogP contribution in [0, 0.1) is 5.82 Å². The van der Waals surface area contributed by atoms with Gasteiger partial charge in [-0.3, -0.25) is 0 Å². The van der Waals surface area contributed by atoms with Crippen LogP contribution >= 0.6 is 8.17 Å². The molecular weight excluding hydrogens is 426 g/mol. The molecule has 1 aromatic carbocycles. The second kappa shape index (κ2) is 7.41. The van der Waals surface area contributed by atoms with Gasteiger partial charge in [0.2, 0.25) is 0 Å². The predicted molar refractivity (Wildman–Crippen MR) is 98.5 cm³/mol. The summed E-state index contributed by atoms with van der Waals surface area (Å²) in [5.41, 5.74) is -1.19. The molecule has 0 radical (unpaired) electrons. The van der Waals surface area contributed by atoms with Gasteiger partial charge in [0.15, 0.2) is 0 Å². The molecule has 3 aliphatic heterocycles.